The molecule has 0 aliphatic carbocycles. The number of aromatic nitrogens is 3. The highest BCUT2D eigenvalue weighted by molar-refractivity contribution is 7.99. The van der Waals surface area contributed by atoms with E-state index in [0.717, 1.165) is 16.9 Å². The molecule has 2 heterocycles. The summed E-state index contributed by atoms with van der Waals surface area (Å²) in [6.45, 7) is 6.60. The highest BCUT2D eigenvalue weighted by atomic mass is 35.5. The predicted octanol–water partition coefficient (Wildman–Crippen LogP) is 5.48. The molecule has 0 radical (unpaired) electrons. The van der Waals surface area contributed by atoms with Crippen LogP contribution in [0.3, 0.4) is 0 Å². The Labute approximate surface area is 213 Å². The number of allylic oxidation sites excluding steroid dienone is 1. The first-order valence-corrected chi connectivity index (χ1v) is 12.6. The molecule has 8 nitrogen and oxygen atoms in total. The zero-order valence-corrected chi connectivity index (χ0v) is 21.6. The molecule has 0 saturated carbocycles. The molecule has 1 aliphatic rings. The minimum absolute atomic E-state index is 0.362. The Balaban J connectivity index is 1.72. The molecule has 1 unspecified atom stereocenters. The number of anilines is 1. The molecule has 0 saturated heterocycles. The molecule has 1 aromatic heterocycles. The fraction of sp³-hybridized carbons (Fsp3) is 0.320. The third-order valence-electron chi connectivity index (χ3n) is 5.40. The molecule has 0 bridgehead atoms. The van der Waals surface area contributed by atoms with Crippen molar-refractivity contribution in [1.29, 1.82) is 0 Å². The van der Waals surface area contributed by atoms with E-state index in [0.29, 0.717) is 52.1 Å². The van der Waals surface area contributed by atoms with E-state index in [-0.39, 0.29) is 0 Å². The van der Waals surface area contributed by atoms with Crippen molar-refractivity contribution in [2.75, 3.05) is 24.8 Å². The normalized spacial score (nSPS) is 14.8. The Hall–Kier alpha value is -3.17. The zero-order chi connectivity index (χ0) is 24.9. The van der Waals surface area contributed by atoms with Gasteiger partial charge in [0.25, 0.3) is 0 Å². The average molecular weight is 515 g/mol. The Morgan fingerprint density at radius 2 is 1.91 bits per heavy atom. The highest BCUT2D eigenvalue weighted by Crippen LogP contribution is 2.40. The van der Waals surface area contributed by atoms with Crippen LogP contribution >= 0.6 is 23.4 Å². The van der Waals surface area contributed by atoms with E-state index in [1.54, 1.807) is 4.68 Å². The lowest BCUT2D eigenvalue weighted by Gasteiger charge is -2.28. The van der Waals surface area contributed by atoms with Gasteiger partial charge in [-0.2, -0.15) is 4.98 Å². The van der Waals surface area contributed by atoms with Crippen molar-refractivity contribution < 1.29 is 19.0 Å². The van der Waals surface area contributed by atoms with Crippen LogP contribution in [0.4, 0.5) is 5.95 Å². The minimum atomic E-state index is -0.540. The van der Waals surface area contributed by atoms with Crippen LogP contribution < -0.4 is 14.8 Å². The molecule has 1 aliphatic heterocycles. The van der Waals surface area contributed by atoms with Crippen molar-refractivity contribution in [3.8, 4) is 11.5 Å². The molecule has 0 fully saturated rings. The second-order valence-corrected chi connectivity index (χ2v) is 9.38. The lowest BCUT2D eigenvalue weighted by atomic mass is 9.95. The van der Waals surface area contributed by atoms with Gasteiger partial charge in [0.05, 0.1) is 19.3 Å². The molecule has 2 aromatic carbocycles. The molecule has 1 atom stereocenters. The maximum absolute atomic E-state index is 12.8. The van der Waals surface area contributed by atoms with Crippen LogP contribution in [0.25, 0.3) is 0 Å². The van der Waals surface area contributed by atoms with Gasteiger partial charge in [0.15, 0.2) is 11.5 Å². The first-order chi connectivity index (χ1) is 16.9. The van der Waals surface area contributed by atoms with Crippen LogP contribution in [0.15, 0.2) is 58.9 Å². The summed E-state index contributed by atoms with van der Waals surface area (Å²) >= 11 is 7.51. The van der Waals surface area contributed by atoms with Gasteiger partial charge in [0, 0.05) is 10.7 Å². The summed E-state index contributed by atoms with van der Waals surface area (Å²) in [6.07, 6.45) is 0. The summed E-state index contributed by atoms with van der Waals surface area (Å²) in [7, 11) is 1.37. The summed E-state index contributed by atoms with van der Waals surface area (Å²) in [5, 5.41) is 9.15. The Morgan fingerprint density at radius 3 is 2.60 bits per heavy atom. The first-order valence-electron chi connectivity index (χ1n) is 11.2. The van der Waals surface area contributed by atoms with Crippen molar-refractivity contribution in [3.05, 3.63) is 69.9 Å². The Bertz CT molecular complexity index is 1240. The van der Waals surface area contributed by atoms with Gasteiger partial charge in [-0.1, -0.05) is 48.5 Å². The number of hydrogen-bond donors (Lipinski definition) is 1. The number of thioether (sulfide) groups is 1. The Kier molecular flexibility index (Phi) is 7.87. The van der Waals surface area contributed by atoms with Crippen LogP contribution in [0.1, 0.15) is 37.9 Å². The quantitative estimate of drug-likeness (QED) is 0.296. The number of halogens is 1. The number of rotatable bonds is 9. The number of nitrogens with one attached hydrogen (secondary N) is 1. The first kappa shape index (κ1) is 24.9. The van der Waals surface area contributed by atoms with Crippen LogP contribution in [-0.4, -0.2) is 40.2 Å². The number of fused-ring (bicyclic) bond motifs is 1. The predicted molar refractivity (Wildman–Crippen MR) is 136 cm³/mol. The topological polar surface area (TPSA) is 87.5 Å². The number of methoxy groups -OCH3 is 1. The number of ether oxygens (including phenoxy) is 3. The molecule has 1 N–H and O–H groups in total. The Morgan fingerprint density at radius 1 is 1.14 bits per heavy atom. The summed E-state index contributed by atoms with van der Waals surface area (Å²) < 4.78 is 18.8. The standard InChI is InChI=1S/C25H27ClN4O4S/c1-5-33-20-13-17(9-12-19(20)34-14-16-7-10-18(26)11-8-16)22-21(23(31)32-4)15(3)27-24-28-25(35-6-2)29-30(22)24/h7-13,22H,5-6,14H2,1-4H3,(H,27,28,29). The summed E-state index contributed by atoms with van der Waals surface area (Å²) in [5.74, 6) is 2.13. The molecule has 0 amide bonds. The summed E-state index contributed by atoms with van der Waals surface area (Å²) in [6, 6.07) is 12.6. The van der Waals surface area contributed by atoms with Crippen molar-refractivity contribution in [3.63, 3.8) is 0 Å². The van der Waals surface area contributed by atoms with Gasteiger partial charge in [0.2, 0.25) is 11.1 Å². The SMILES string of the molecule is CCOc1cc(C2C(C(=O)OC)=C(C)Nc3nc(SCC)nn32)ccc1OCc1ccc(Cl)cc1. The van der Waals surface area contributed by atoms with Crippen molar-refractivity contribution in [1.82, 2.24) is 14.8 Å². The van der Waals surface area contributed by atoms with Gasteiger partial charge in [-0.15, -0.1) is 5.10 Å². The fourth-order valence-corrected chi connectivity index (χ4v) is 4.51. The van der Waals surface area contributed by atoms with Crippen molar-refractivity contribution >= 4 is 35.3 Å². The van der Waals surface area contributed by atoms with E-state index in [4.69, 9.17) is 25.8 Å². The molecular weight excluding hydrogens is 488 g/mol. The molecule has 35 heavy (non-hydrogen) atoms. The van der Waals surface area contributed by atoms with Gasteiger partial charge >= 0.3 is 5.97 Å². The molecule has 3 aromatic rings. The van der Waals surface area contributed by atoms with Gasteiger partial charge in [-0.25, -0.2) is 9.48 Å². The number of esters is 1. The van der Waals surface area contributed by atoms with Crippen molar-refractivity contribution in [2.24, 2.45) is 0 Å². The maximum Gasteiger partial charge on any atom is 0.338 e. The van der Waals surface area contributed by atoms with Gasteiger partial charge in [-0.05, 0) is 55.0 Å². The fourth-order valence-electron chi connectivity index (χ4n) is 3.83. The monoisotopic (exact) mass is 514 g/mol. The number of carbonyl (C=O) groups is 1. The van der Waals surface area contributed by atoms with Crippen LogP contribution in [0, 0.1) is 0 Å². The second-order valence-electron chi connectivity index (χ2n) is 7.71. The third-order valence-corrected chi connectivity index (χ3v) is 6.37. The zero-order valence-electron chi connectivity index (χ0n) is 20.0. The number of benzene rings is 2. The van der Waals surface area contributed by atoms with E-state index in [9.17, 15) is 4.79 Å². The number of hydrogen-bond acceptors (Lipinski definition) is 8. The largest absolute Gasteiger partial charge is 0.490 e. The smallest absolute Gasteiger partial charge is 0.338 e. The van der Waals surface area contributed by atoms with E-state index >= 15 is 0 Å². The highest BCUT2D eigenvalue weighted by Gasteiger charge is 2.35. The minimum Gasteiger partial charge on any atom is -0.490 e. The van der Waals surface area contributed by atoms with E-state index in [1.165, 1.54) is 18.9 Å². The third kappa shape index (κ3) is 5.41. The lowest BCUT2D eigenvalue weighted by molar-refractivity contribution is -0.136. The van der Waals surface area contributed by atoms with Crippen LogP contribution in [-0.2, 0) is 16.1 Å². The van der Waals surface area contributed by atoms with Crippen LogP contribution in [0.2, 0.25) is 5.02 Å². The summed E-state index contributed by atoms with van der Waals surface area (Å²) in [5.41, 5.74) is 2.90. The molecule has 184 valence electrons. The summed E-state index contributed by atoms with van der Waals surface area (Å²) in [4.78, 5) is 17.4. The second kappa shape index (κ2) is 11.0. The average Bonchev–Trinajstić information content (AvgIpc) is 3.25. The van der Waals surface area contributed by atoms with E-state index in [1.807, 2.05) is 63.2 Å². The van der Waals surface area contributed by atoms with Crippen molar-refractivity contribution in [2.45, 2.75) is 38.6 Å². The lowest BCUT2D eigenvalue weighted by Crippen LogP contribution is -2.29. The number of carbonyl (C=O) groups excluding carboxylic acids is 1. The van der Waals surface area contributed by atoms with Gasteiger partial charge in [-0.3, -0.25) is 0 Å². The van der Waals surface area contributed by atoms with E-state index < -0.39 is 12.0 Å². The molecule has 10 heteroatoms. The van der Waals surface area contributed by atoms with Gasteiger partial charge < -0.3 is 19.5 Å². The molecule has 0 spiro atoms. The molecule has 4 rings (SSSR count). The van der Waals surface area contributed by atoms with Gasteiger partial charge in [0.1, 0.15) is 12.6 Å². The molecular formula is C25H27ClN4O4S. The van der Waals surface area contributed by atoms with E-state index in [2.05, 4.69) is 15.4 Å². The number of nitrogens with zero attached hydrogens (tertiary/aromatic N) is 3. The van der Waals surface area contributed by atoms with Crippen LogP contribution in [0.5, 0.6) is 11.5 Å². The maximum atomic E-state index is 12.8.